The third-order valence-electron chi connectivity index (χ3n) is 1.28. The molecule has 0 saturated heterocycles. The summed E-state index contributed by atoms with van der Waals surface area (Å²) in [5.74, 6) is 0.529. The molecule has 10 heavy (non-hydrogen) atoms. The second-order valence-electron chi connectivity index (χ2n) is 2.02. The summed E-state index contributed by atoms with van der Waals surface area (Å²) in [5, 5.41) is 0.691. The van der Waals surface area contributed by atoms with E-state index in [9.17, 15) is 0 Å². The Balaban J connectivity index is 3.09. The smallest absolute Gasteiger partial charge is 0.123 e. The normalized spacial score (nSPS) is 9.80. The van der Waals surface area contributed by atoms with Crippen LogP contribution in [-0.4, -0.2) is 4.98 Å². The van der Waals surface area contributed by atoms with Crippen LogP contribution in [-0.2, 0) is 6.42 Å². The molecule has 0 aliphatic rings. The van der Waals surface area contributed by atoms with Crippen LogP contribution in [0.4, 0.5) is 5.82 Å². The average molecular weight is 157 g/mol. The topological polar surface area (TPSA) is 38.9 Å². The molecule has 1 heterocycles. The molecule has 0 fully saturated rings. The predicted molar refractivity (Wildman–Crippen MR) is 43.0 cm³/mol. The van der Waals surface area contributed by atoms with Crippen LogP contribution in [0.25, 0.3) is 0 Å². The van der Waals surface area contributed by atoms with Gasteiger partial charge in [0.1, 0.15) is 5.82 Å². The van der Waals surface area contributed by atoms with Crippen molar-refractivity contribution in [2.24, 2.45) is 0 Å². The molecule has 1 aromatic heterocycles. The highest BCUT2D eigenvalue weighted by molar-refractivity contribution is 6.31. The van der Waals surface area contributed by atoms with Crippen LogP contribution in [0.3, 0.4) is 0 Å². The molecule has 1 rings (SSSR count). The lowest BCUT2D eigenvalue weighted by molar-refractivity contribution is 1.04. The van der Waals surface area contributed by atoms with Gasteiger partial charge in [-0.05, 0) is 18.6 Å². The highest BCUT2D eigenvalue weighted by Crippen LogP contribution is 2.14. The van der Waals surface area contributed by atoms with Gasteiger partial charge < -0.3 is 5.73 Å². The highest BCUT2D eigenvalue weighted by Gasteiger charge is 1.97. The first kappa shape index (κ1) is 7.35. The monoisotopic (exact) mass is 156 g/mol. The Morgan fingerprint density at radius 2 is 2.30 bits per heavy atom. The van der Waals surface area contributed by atoms with Crippen LogP contribution in [0.1, 0.15) is 12.6 Å². The number of pyridine rings is 1. The summed E-state index contributed by atoms with van der Waals surface area (Å²) < 4.78 is 0. The van der Waals surface area contributed by atoms with E-state index in [4.69, 9.17) is 17.3 Å². The molecule has 0 spiro atoms. The van der Waals surface area contributed by atoms with E-state index in [1.54, 1.807) is 12.1 Å². The number of rotatable bonds is 1. The maximum atomic E-state index is 5.78. The summed E-state index contributed by atoms with van der Waals surface area (Å²) in [6.45, 7) is 1.99. The summed E-state index contributed by atoms with van der Waals surface area (Å²) >= 11 is 5.78. The largest absolute Gasteiger partial charge is 0.384 e. The summed E-state index contributed by atoms with van der Waals surface area (Å²) in [6.07, 6.45) is 0.823. The van der Waals surface area contributed by atoms with Gasteiger partial charge in [0.05, 0.1) is 10.7 Å². The number of nitrogens with two attached hydrogens (primary N) is 1. The number of nitrogen functional groups attached to an aromatic ring is 1. The fraction of sp³-hybridized carbons (Fsp3) is 0.286. The summed E-state index contributed by atoms with van der Waals surface area (Å²) in [6, 6.07) is 3.46. The van der Waals surface area contributed by atoms with E-state index in [-0.39, 0.29) is 0 Å². The van der Waals surface area contributed by atoms with Gasteiger partial charge in [0.25, 0.3) is 0 Å². The Morgan fingerprint density at radius 3 is 2.80 bits per heavy atom. The van der Waals surface area contributed by atoms with Gasteiger partial charge in [-0.25, -0.2) is 4.98 Å². The van der Waals surface area contributed by atoms with E-state index >= 15 is 0 Å². The van der Waals surface area contributed by atoms with E-state index in [0.717, 1.165) is 12.1 Å². The molecule has 54 valence electrons. The number of hydrogen-bond acceptors (Lipinski definition) is 2. The third-order valence-corrected chi connectivity index (χ3v) is 1.62. The van der Waals surface area contributed by atoms with Gasteiger partial charge in [-0.2, -0.15) is 0 Å². The lowest BCUT2D eigenvalue weighted by atomic mass is 10.3. The third kappa shape index (κ3) is 1.39. The van der Waals surface area contributed by atoms with Crippen LogP contribution in [0.15, 0.2) is 12.1 Å². The Morgan fingerprint density at radius 1 is 1.60 bits per heavy atom. The van der Waals surface area contributed by atoms with Crippen molar-refractivity contribution in [3.63, 3.8) is 0 Å². The van der Waals surface area contributed by atoms with E-state index in [0.29, 0.717) is 10.8 Å². The molecule has 2 N–H and O–H groups in total. The molecule has 0 amide bonds. The van der Waals surface area contributed by atoms with E-state index < -0.39 is 0 Å². The molecule has 0 saturated carbocycles. The minimum Gasteiger partial charge on any atom is -0.384 e. The molecule has 0 aliphatic heterocycles. The fourth-order valence-electron chi connectivity index (χ4n) is 0.749. The van der Waals surface area contributed by atoms with Crippen molar-refractivity contribution in [2.45, 2.75) is 13.3 Å². The Bertz CT molecular complexity index is 235. The molecule has 2 nitrogen and oxygen atoms in total. The minimum atomic E-state index is 0.529. The Hall–Kier alpha value is -0.760. The second-order valence-corrected chi connectivity index (χ2v) is 2.43. The molecule has 1 aromatic rings. The van der Waals surface area contributed by atoms with Gasteiger partial charge in [-0.3, -0.25) is 0 Å². The van der Waals surface area contributed by atoms with E-state index in [1.165, 1.54) is 0 Å². The van der Waals surface area contributed by atoms with Gasteiger partial charge in [-0.1, -0.05) is 18.5 Å². The summed E-state index contributed by atoms with van der Waals surface area (Å²) in [7, 11) is 0. The van der Waals surface area contributed by atoms with Gasteiger partial charge >= 0.3 is 0 Å². The van der Waals surface area contributed by atoms with Crippen molar-refractivity contribution >= 4 is 17.4 Å². The predicted octanol–water partition coefficient (Wildman–Crippen LogP) is 1.88. The van der Waals surface area contributed by atoms with E-state index in [2.05, 4.69) is 4.98 Å². The lowest BCUT2D eigenvalue weighted by Crippen LogP contribution is -1.94. The molecule has 0 bridgehead atoms. The molecule has 0 atom stereocenters. The Labute approximate surface area is 65.0 Å². The van der Waals surface area contributed by atoms with Crippen molar-refractivity contribution < 1.29 is 0 Å². The molecule has 0 aromatic carbocycles. The highest BCUT2D eigenvalue weighted by atomic mass is 35.5. The first-order chi connectivity index (χ1) is 4.74. The van der Waals surface area contributed by atoms with Gasteiger partial charge in [0.2, 0.25) is 0 Å². The quantitative estimate of drug-likeness (QED) is 0.675. The zero-order valence-electron chi connectivity index (χ0n) is 5.76. The standard InChI is InChI=1S/C7H9ClN2/c1-2-6-5(8)3-4-7(9)10-6/h3-4H,2H2,1H3,(H2,9,10). The number of nitrogens with zero attached hydrogens (tertiary/aromatic N) is 1. The first-order valence-corrected chi connectivity index (χ1v) is 3.52. The fourth-order valence-corrected chi connectivity index (χ4v) is 0.988. The van der Waals surface area contributed by atoms with Crippen molar-refractivity contribution in [3.8, 4) is 0 Å². The molecular weight excluding hydrogens is 148 g/mol. The lowest BCUT2D eigenvalue weighted by Gasteiger charge is -1.99. The molecule has 0 aliphatic carbocycles. The van der Waals surface area contributed by atoms with Crippen LogP contribution >= 0.6 is 11.6 Å². The first-order valence-electron chi connectivity index (χ1n) is 3.15. The maximum absolute atomic E-state index is 5.78. The average Bonchev–Trinajstić information content (AvgIpc) is 1.94. The van der Waals surface area contributed by atoms with Crippen LogP contribution in [0.2, 0.25) is 5.02 Å². The summed E-state index contributed by atoms with van der Waals surface area (Å²) in [5.41, 5.74) is 6.30. The number of aromatic nitrogens is 1. The minimum absolute atomic E-state index is 0.529. The Kier molecular flexibility index (Phi) is 2.12. The number of hydrogen-bond donors (Lipinski definition) is 1. The van der Waals surface area contributed by atoms with Gasteiger partial charge in [-0.15, -0.1) is 0 Å². The molecule has 0 unspecified atom stereocenters. The van der Waals surface area contributed by atoms with Crippen LogP contribution in [0, 0.1) is 0 Å². The van der Waals surface area contributed by atoms with Crippen molar-refractivity contribution in [1.82, 2.24) is 4.98 Å². The number of halogens is 1. The maximum Gasteiger partial charge on any atom is 0.123 e. The van der Waals surface area contributed by atoms with Crippen molar-refractivity contribution in [1.29, 1.82) is 0 Å². The second kappa shape index (κ2) is 2.88. The molecular formula is C7H9ClN2. The molecule has 0 radical (unpaired) electrons. The number of anilines is 1. The zero-order valence-corrected chi connectivity index (χ0v) is 6.52. The van der Waals surface area contributed by atoms with Crippen molar-refractivity contribution in [2.75, 3.05) is 5.73 Å². The summed E-state index contributed by atoms with van der Waals surface area (Å²) in [4.78, 5) is 4.04. The van der Waals surface area contributed by atoms with Gasteiger partial charge in [0, 0.05) is 0 Å². The molecule has 3 heteroatoms. The zero-order chi connectivity index (χ0) is 7.56. The van der Waals surface area contributed by atoms with E-state index in [1.807, 2.05) is 6.92 Å². The SMILES string of the molecule is CCc1nc(N)ccc1Cl. The van der Waals surface area contributed by atoms with Gasteiger partial charge in [0.15, 0.2) is 0 Å². The number of aryl methyl sites for hydroxylation is 1. The van der Waals surface area contributed by atoms with Crippen LogP contribution < -0.4 is 5.73 Å². The van der Waals surface area contributed by atoms with Crippen LogP contribution in [0.5, 0.6) is 0 Å². The van der Waals surface area contributed by atoms with Crippen molar-refractivity contribution in [3.05, 3.63) is 22.8 Å².